The summed E-state index contributed by atoms with van der Waals surface area (Å²) in [6.07, 6.45) is 0.772. The third kappa shape index (κ3) is 6.48. The number of aryl methyl sites for hydroxylation is 1. The SMILES string of the molecule is CNC(=O)c1ccc(O)cc1.COCCc1ccc(C)c(F)c1. The molecule has 0 heterocycles. The van der Waals surface area contributed by atoms with Crippen molar-refractivity contribution < 1.29 is 19.0 Å². The summed E-state index contributed by atoms with van der Waals surface area (Å²) >= 11 is 0. The molecule has 0 fully saturated rings. The lowest BCUT2D eigenvalue weighted by Crippen LogP contribution is -2.17. The Hall–Kier alpha value is -2.40. The number of nitrogens with one attached hydrogen (secondary N) is 1. The highest BCUT2D eigenvalue weighted by Crippen LogP contribution is 2.10. The molecule has 2 rings (SSSR count). The largest absolute Gasteiger partial charge is 0.508 e. The van der Waals surface area contributed by atoms with Gasteiger partial charge in [-0.3, -0.25) is 4.79 Å². The molecule has 5 heteroatoms. The molecule has 2 aromatic rings. The van der Waals surface area contributed by atoms with E-state index in [1.54, 1.807) is 45.3 Å². The summed E-state index contributed by atoms with van der Waals surface area (Å²) in [6, 6.07) is 11.4. The van der Waals surface area contributed by atoms with Crippen LogP contribution in [0.2, 0.25) is 0 Å². The van der Waals surface area contributed by atoms with Gasteiger partial charge in [-0.2, -0.15) is 0 Å². The lowest BCUT2D eigenvalue weighted by Gasteiger charge is -2.01. The van der Waals surface area contributed by atoms with E-state index in [0.717, 1.165) is 12.0 Å². The maximum absolute atomic E-state index is 13.0. The zero-order valence-corrected chi connectivity index (χ0v) is 13.6. The topological polar surface area (TPSA) is 58.6 Å². The number of rotatable bonds is 4. The fraction of sp³-hybridized carbons (Fsp3) is 0.278. The number of phenolic OH excluding ortho intramolecular Hbond substituents is 1. The third-order valence-electron chi connectivity index (χ3n) is 3.19. The number of carbonyl (C=O) groups is 1. The molecule has 1 amide bonds. The van der Waals surface area contributed by atoms with Crippen LogP contribution in [-0.2, 0) is 11.2 Å². The highest BCUT2D eigenvalue weighted by Gasteiger charge is 2.00. The van der Waals surface area contributed by atoms with E-state index in [9.17, 15) is 9.18 Å². The maximum atomic E-state index is 13.0. The van der Waals surface area contributed by atoms with Crippen molar-refractivity contribution in [2.45, 2.75) is 13.3 Å². The van der Waals surface area contributed by atoms with Crippen LogP contribution in [0.5, 0.6) is 5.75 Å². The van der Waals surface area contributed by atoms with E-state index in [-0.39, 0.29) is 17.5 Å². The van der Waals surface area contributed by atoms with Crippen molar-refractivity contribution in [2.24, 2.45) is 0 Å². The van der Waals surface area contributed by atoms with Crippen LogP contribution in [0.1, 0.15) is 21.5 Å². The molecule has 0 aliphatic heterocycles. The van der Waals surface area contributed by atoms with Crippen molar-refractivity contribution in [2.75, 3.05) is 20.8 Å². The Morgan fingerprint density at radius 2 is 1.87 bits per heavy atom. The molecule has 124 valence electrons. The van der Waals surface area contributed by atoms with Gasteiger partial charge in [-0.15, -0.1) is 0 Å². The zero-order valence-electron chi connectivity index (χ0n) is 13.6. The van der Waals surface area contributed by atoms with Crippen LogP contribution < -0.4 is 5.32 Å². The summed E-state index contributed by atoms with van der Waals surface area (Å²) in [7, 11) is 3.21. The molecule has 0 aliphatic rings. The minimum atomic E-state index is -0.148. The quantitative estimate of drug-likeness (QED) is 0.910. The van der Waals surface area contributed by atoms with Crippen molar-refractivity contribution in [3.8, 4) is 5.75 Å². The molecule has 0 aliphatic carbocycles. The number of amides is 1. The number of methoxy groups -OCH3 is 1. The van der Waals surface area contributed by atoms with Gasteiger partial charge >= 0.3 is 0 Å². The van der Waals surface area contributed by atoms with E-state index in [4.69, 9.17) is 9.84 Å². The summed E-state index contributed by atoms with van der Waals surface area (Å²) < 4.78 is 17.9. The second-order valence-corrected chi connectivity index (χ2v) is 4.95. The van der Waals surface area contributed by atoms with Gasteiger partial charge in [-0.1, -0.05) is 12.1 Å². The predicted molar refractivity (Wildman–Crippen MR) is 88.2 cm³/mol. The molecule has 0 aromatic heterocycles. The fourth-order valence-corrected chi connectivity index (χ4v) is 1.77. The van der Waals surface area contributed by atoms with Gasteiger partial charge in [0.25, 0.3) is 5.91 Å². The smallest absolute Gasteiger partial charge is 0.251 e. The molecule has 0 bridgehead atoms. The molecule has 4 nitrogen and oxygen atoms in total. The van der Waals surface area contributed by atoms with E-state index >= 15 is 0 Å². The number of phenols is 1. The van der Waals surface area contributed by atoms with Gasteiger partial charge in [-0.05, 0) is 54.8 Å². The van der Waals surface area contributed by atoms with Gasteiger partial charge in [-0.25, -0.2) is 4.39 Å². The van der Waals surface area contributed by atoms with Gasteiger partial charge in [0, 0.05) is 19.7 Å². The highest BCUT2D eigenvalue weighted by molar-refractivity contribution is 5.94. The molecular formula is C18H22FNO3. The van der Waals surface area contributed by atoms with E-state index in [1.165, 1.54) is 12.1 Å². The average molecular weight is 319 g/mol. The van der Waals surface area contributed by atoms with Gasteiger partial charge in [0.2, 0.25) is 0 Å². The van der Waals surface area contributed by atoms with Crippen molar-refractivity contribution in [3.63, 3.8) is 0 Å². The first-order valence-corrected chi connectivity index (χ1v) is 7.23. The van der Waals surface area contributed by atoms with E-state index in [1.807, 2.05) is 6.07 Å². The van der Waals surface area contributed by atoms with Crippen LogP contribution in [0.3, 0.4) is 0 Å². The lowest BCUT2D eigenvalue weighted by molar-refractivity contribution is 0.0963. The van der Waals surface area contributed by atoms with Crippen LogP contribution in [0.25, 0.3) is 0 Å². The number of halogens is 1. The number of aromatic hydroxyl groups is 1. The van der Waals surface area contributed by atoms with Gasteiger partial charge in [0.15, 0.2) is 0 Å². The van der Waals surface area contributed by atoms with Crippen LogP contribution >= 0.6 is 0 Å². The molecule has 0 unspecified atom stereocenters. The van der Waals surface area contributed by atoms with Crippen molar-refractivity contribution in [1.82, 2.24) is 5.32 Å². The number of ether oxygens (including phenoxy) is 1. The molecule has 0 saturated heterocycles. The zero-order chi connectivity index (χ0) is 17.2. The minimum Gasteiger partial charge on any atom is -0.508 e. The summed E-state index contributed by atoms with van der Waals surface area (Å²) in [5.74, 6) is -0.119. The molecule has 2 aromatic carbocycles. The van der Waals surface area contributed by atoms with Crippen molar-refractivity contribution in [1.29, 1.82) is 0 Å². The first-order chi connectivity index (χ1) is 11.0. The monoisotopic (exact) mass is 319 g/mol. The van der Waals surface area contributed by atoms with Crippen molar-refractivity contribution in [3.05, 3.63) is 65.0 Å². The number of hydrogen-bond donors (Lipinski definition) is 2. The highest BCUT2D eigenvalue weighted by atomic mass is 19.1. The third-order valence-corrected chi connectivity index (χ3v) is 3.19. The molecule has 2 N–H and O–H groups in total. The maximum Gasteiger partial charge on any atom is 0.251 e. The Labute approximate surface area is 135 Å². The standard InChI is InChI=1S/C10H13FO.C8H9NO2/c1-8-3-4-9(5-6-12-2)7-10(8)11;1-9-8(11)6-2-4-7(10)5-3-6/h3-4,7H,5-6H2,1-2H3;2-5,10H,1H3,(H,9,11). The molecule has 0 spiro atoms. The number of benzene rings is 2. The second-order valence-electron chi connectivity index (χ2n) is 4.95. The van der Waals surface area contributed by atoms with Crippen molar-refractivity contribution >= 4 is 5.91 Å². The van der Waals surface area contributed by atoms with E-state index < -0.39 is 0 Å². The predicted octanol–water partition coefficient (Wildman–Crippen LogP) is 3.07. The van der Waals surface area contributed by atoms with Crippen LogP contribution in [0, 0.1) is 12.7 Å². The average Bonchev–Trinajstić information content (AvgIpc) is 2.56. The summed E-state index contributed by atoms with van der Waals surface area (Å²) in [5.41, 5.74) is 2.22. The van der Waals surface area contributed by atoms with Gasteiger partial charge < -0.3 is 15.2 Å². The minimum absolute atomic E-state index is 0.136. The second kappa shape index (κ2) is 9.58. The summed E-state index contributed by atoms with van der Waals surface area (Å²) in [4.78, 5) is 10.9. The van der Waals surface area contributed by atoms with Crippen LogP contribution in [-0.4, -0.2) is 31.8 Å². The number of hydrogen-bond acceptors (Lipinski definition) is 3. The van der Waals surface area contributed by atoms with Gasteiger partial charge in [0.1, 0.15) is 11.6 Å². The normalized spacial score (nSPS) is 9.74. The first kappa shape index (κ1) is 18.6. The summed E-state index contributed by atoms with van der Waals surface area (Å²) in [6.45, 7) is 2.40. The summed E-state index contributed by atoms with van der Waals surface area (Å²) in [5, 5.41) is 11.4. The molecule has 0 saturated carbocycles. The van der Waals surface area contributed by atoms with Crippen LogP contribution in [0.4, 0.5) is 4.39 Å². The Morgan fingerprint density at radius 1 is 1.22 bits per heavy atom. The van der Waals surface area contributed by atoms with E-state index in [2.05, 4.69) is 5.32 Å². The lowest BCUT2D eigenvalue weighted by atomic mass is 10.1. The Balaban J connectivity index is 0.000000231. The molecule has 23 heavy (non-hydrogen) atoms. The fourth-order valence-electron chi connectivity index (χ4n) is 1.77. The molecule has 0 atom stereocenters. The van der Waals surface area contributed by atoms with Crippen LogP contribution in [0.15, 0.2) is 42.5 Å². The number of carbonyl (C=O) groups excluding carboxylic acids is 1. The Bertz CT molecular complexity index is 627. The molecule has 0 radical (unpaired) electrons. The molecular weight excluding hydrogens is 297 g/mol. The first-order valence-electron chi connectivity index (χ1n) is 7.23. The van der Waals surface area contributed by atoms with E-state index in [0.29, 0.717) is 17.7 Å². The Kier molecular flexibility index (Phi) is 7.77. The van der Waals surface area contributed by atoms with Gasteiger partial charge in [0.05, 0.1) is 6.61 Å². The Morgan fingerprint density at radius 3 is 2.39 bits per heavy atom.